The summed E-state index contributed by atoms with van der Waals surface area (Å²) in [6.07, 6.45) is 0.581. The van der Waals surface area contributed by atoms with E-state index in [0.29, 0.717) is 12.2 Å². The Morgan fingerprint density at radius 1 is 1.30 bits per heavy atom. The molecule has 1 aromatic heterocycles. The van der Waals surface area contributed by atoms with Crippen LogP contribution in [0.15, 0.2) is 0 Å². The van der Waals surface area contributed by atoms with Gasteiger partial charge in [0.2, 0.25) is 5.88 Å². The Bertz CT molecular complexity index is 517. The first-order valence-electron chi connectivity index (χ1n) is 8.42. The summed E-state index contributed by atoms with van der Waals surface area (Å²) in [5.74, 6) is 0.835. The van der Waals surface area contributed by atoms with E-state index in [1.807, 2.05) is 14.0 Å². The molecule has 1 aliphatic heterocycles. The lowest BCUT2D eigenvalue weighted by molar-refractivity contribution is -0.0952. The predicted molar refractivity (Wildman–Crippen MR) is 91.9 cm³/mol. The van der Waals surface area contributed by atoms with Gasteiger partial charge in [-0.15, -0.1) is 0 Å². The molecule has 6 nitrogen and oxygen atoms in total. The first-order chi connectivity index (χ1) is 10.7. The summed E-state index contributed by atoms with van der Waals surface area (Å²) in [6, 6.07) is 0. The molecular weight excluding hydrogens is 292 g/mol. The van der Waals surface area contributed by atoms with Crippen molar-refractivity contribution in [3.63, 3.8) is 0 Å². The van der Waals surface area contributed by atoms with Crippen LogP contribution < -0.4 is 10.1 Å². The SMILES string of the molecule is COc1c(CNCC(C)(C)N2CC(C)OC(C)C2)c(C)nn1C. The van der Waals surface area contributed by atoms with Crippen LogP contribution in [0.2, 0.25) is 0 Å². The zero-order valence-electron chi connectivity index (χ0n) is 15.6. The van der Waals surface area contributed by atoms with Gasteiger partial charge in [0.25, 0.3) is 0 Å². The highest BCUT2D eigenvalue weighted by atomic mass is 16.5. The Hall–Kier alpha value is -1.11. The van der Waals surface area contributed by atoms with Crippen molar-refractivity contribution in [2.45, 2.75) is 58.9 Å². The smallest absolute Gasteiger partial charge is 0.216 e. The van der Waals surface area contributed by atoms with E-state index in [1.165, 1.54) is 0 Å². The normalized spacial score (nSPS) is 23.3. The summed E-state index contributed by atoms with van der Waals surface area (Å²) in [7, 11) is 3.61. The molecule has 1 aliphatic rings. The summed E-state index contributed by atoms with van der Waals surface area (Å²) in [5.41, 5.74) is 2.23. The van der Waals surface area contributed by atoms with Crippen molar-refractivity contribution in [2.75, 3.05) is 26.7 Å². The van der Waals surface area contributed by atoms with Crippen LogP contribution in [0.5, 0.6) is 5.88 Å². The van der Waals surface area contributed by atoms with Crippen molar-refractivity contribution >= 4 is 0 Å². The molecule has 2 atom stereocenters. The third-order valence-corrected chi connectivity index (χ3v) is 4.62. The fourth-order valence-electron chi connectivity index (χ4n) is 3.42. The number of morpholine rings is 1. The minimum absolute atomic E-state index is 0.0790. The maximum Gasteiger partial charge on any atom is 0.216 e. The van der Waals surface area contributed by atoms with Crippen LogP contribution in [0, 0.1) is 6.92 Å². The second kappa shape index (κ2) is 7.20. The van der Waals surface area contributed by atoms with Crippen molar-refractivity contribution in [1.82, 2.24) is 20.0 Å². The third kappa shape index (κ3) is 4.25. The van der Waals surface area contributed by atoms with Crippen molar-refractivity contribution < 1.29 is 9.47 Å². The predicted octanol–water partition coefficient (Wildman–Crippen LogP) is 1.71. The minimum atomic E-state index is 0.0790. The Morgan fingerprint density at radius 2 is 1.91 bits per heavy atom. The average Bonchev–Trinajstić information content (AvgIpc) is 2.71. The summed E-state index contributed by atoms with van der Waals surface area (Å²) in [5, 5.41) is 8.01. The number of nitrogens with one attached hydrogen (secondary N) is 1. The Morgan fingerprint density at radius 3 is 2.48 bits per heavy atom. The molecule has 23 heavy (non-hydrogen) atoms. The number of aromatic nitrogens is 2. The van der Waals surface area contributed by atoms with Crippen molar-refractivity contribution in [1.29, 1.82) is 0 Å². The quantitative estimate of drug-likeness (QED) is 0.863. The summed E-state index contributed by atoms with van der Waals surface area (Å²) < 4.78 is 13.1. The van der Waals surface area contributed by atoms with E-state index in [2.05, 4.69) is 43.0 Å². The summed E-state index contributed by atoms with van der Waals surface area (Å²) >= 11 is 0. The minimum Gasteiger partial charge on any atom is -0.481 e. The van der Waals surface area contributed by atoms with Crippen molar-refractivity contribution in [2.24, 2.45) is 7.05 Å². The molecule has 132 valence electrons. The molecular formula is C17H32N4O2. The zero-order chi connectivity index (χ0) is 17.2. The topological polar surface area (TPSA) is 51.6 Å². The fourth-order valence-corrected chi connectivity index (χ4v) is 3.42. The first-order valence-corrected chi connectivity index (χ1v) is 8.42. The van der Waals surface area contributed by atoms with E-state index >= 15 is 0 Å². The molecule has 1 aromatic rings. The standard InChI is InChI=1S/C17H32N4O2/c1-12-9-21(10-13(2)23-12)17(4,5)11-18-8-15-14(3)19-20(6)16(15)22-7/h12-13,18H,8-11H2,1-7H3. The third-order valence-electron chi connectivity index (χ3n) is 4.62. The van der Waals surface area contributed by atoms with Crippen LogP contribution in [0.3, 0.4) is 0 Å². The average molecular weight is 324 g/mol. The Kier molecular flexibility index (Phi) is 5.70. The number of rotatable bonds is 6. The van der Waals surface area contributed by atoms with Gasteiger partial charge < -0.3 is 14.8 Å². The fraction of sp³-hybridized carbons (Fsp3) is 0.824. The van der Waals surface area contributed by atoms with Gasteiger partial charge in [-0.05, 0) is 34.6 Å². The van der Waals surface area contributed by atoms with Gasteiger partial charge in [0.1, 0.15) is 0 Å². The molecule has 0 amide bonds. The molecule has 2 heterocycles. The highest BCUT2D eigenvalue weighted by Crippen LogP contribution is 2.23. The van der Waals surface area contributed by atoms with E-state index in [4.69, 9.17) is 9.47 Å². The molecule has 0 aliphatic carbocycles. The Balaban J connectivity index is 1.95. The van der Waals surface area contributed by atoms with E-state index in [0.717, 1.165) is 43.3 Å². The van der Waals surface area contributed by atoms with Crippen LogP contribution in [0.25, 0.3) is 0 Å². The number of hydrogen-bond acceptors (Lipinski definition) is 5. The van der Waals surface area contributed by atoms with Gasteiger partial charge in [0.05, 0.1) is 30.6 Å². The maximum atomic E-state index is 5.84. The van der Waals surface area contributed by atoms with E-state index in [-0.39, 0.29) is 5.54 Å². The summed E-state index contributed by atoms with van der Waals surface area (Å²) in [4.78, 5) is 2.52. The Labute approximate surface area is 140 Å². The van der Waals surface area contributed by atoms with Gasteiger partial charge in [0, 0.05) is 38.8 Å². The second-order valence-electron chi connectivity index (χ2n) is 7.28. The maximum absolute atomic E-state index is 5.84. The van der Waals surface area contributed by atoms with Crippen molar-refractivity contribution in [3.05, 3.63) is 11.3 Å². The molecule has 2 unspecified atom stereocenters. The molecule has 0 radical (unpaired) electrons. The molecule has 1 fully saturated rings. The van der Waals surface area contributed by atoms with E-state index in [9.17, 15) is 0 Å². The molecule has 1 N–H and O–H groups in total. The van der Waals surface area contributed by atoms with Gasteiger partial charge in [-0.25, -0.2) is 4.68 Å². The molecule has 0 spiro atoms. The van der Waals surface area contributed by atoms with Crippen molar-refractivity contribution in [3.8, 4) is 5.88 Å². The number of methoxy groups -OCH3 is 1. The second-order valence-corrected chi connectivity index (χ2v) is 7.28. The molecule has 0 aromatic carbocycles. The number of aryl methyl sites for hydroxylation is 2. The first kappa shape index (κ1) is 18.2. The van der Waals surface area contributed by atoms with Crippen LogP contribution in [-0.2, 0) is 18.3 Å². The van der Waals surface area contributed by atoms with Gasteiger partial charge in [-0.2, -0.15) is 5.10 Å². The number of ether oxygens (including phenoxy) is 2. The van der Waals surface area contributed by atoms with Gasteiger partial charge in [-0.1, -0.05) is 0 Å². The zero-order valence-corrected chi connectivity index (χ0v) is 15.6. The lowest BCUT2D eigenvalue weighted by Crippen LogP contribution is -2.58. The molecule has 6 heteroatoms. The van der Waals surface area contributed by atoms with Crippen LogP contribution >= 0.6 is 0 Å². The van der Waals surface area contributed by atoms with Gasteiger partial charge >= 0.3 is 0 Å². The highest BCUT2D eigenvalue weighted by molar-refractivity contribution is 5.30. The largest absolute Gasteiger partial charge is 0.481 e. The van der Waals surface area contributed by atoms with Crippen LogP contribution in [-0.4, -0.2) is 59.2 Å². The molecule has 0 saturated carbocycles. The molecule has 0 bridgehead atoms. The highest BCUT2D eigenvalue weighted by Gasteiger charge is 2.33. The van der Waals surface area contributed by atoms with Gasteiger partial charge in [-0.3, -0.25) is 4.90 Å². The van der Waals surface area contributed by atoms with E-state index in [1.54, 1.807) is 11.8 Å². The molecule has 2 rings (SSSR count). The number of hydrogen-bond donors (Lipinski definition) is 1. The van der Waals surface area contributed by atoms with Crippen LogP contribution in [0.4, 0.5) is 0 Å². The van der Waals surface area contributed by atoms with E-state index < -0.39 is 0 Å². The number of nitrogens with zero attached hydrogens (tertiary/aromatic N) is 3. The lowest BCUT2D eigenvalue weighted by Gasteiger charge is -2.45. The summed E-state index contributed by atoms with van der Waals surface area (Å²) in [6.45, 7) is 14.5. The molecule has 1 saturated heterocycles. The lowest BCUT2D eigenvalue weighted by atomic mass is 10.00. The van der Waals surface area contributed by atoms with Crippen LogP contribution in [0.1, 0.15) is 39.0 Å². The monoisotopic (exact) mass is 324 g/mol. The van der Waals surface area contributed by atoms with Gasteiger partial charge in [0.15, 0.2) is 0 Å².